The first kappa shape index (κ1) is 16.0. The molecule has 0 N–H and O–H groups in total. The van der Waals surface area contributed by atoms with Crippen LogP contribution >= 0.6 is 0 Å². The number of aldehydes is 1. The number of benzene rings is 1. The van der Waals surface area contributed by atoms with Crippen LogP contribution < -0.4 is 4.74 Å². The molecule has 0 saturated heterocycles. The van der Waals surface area contributed by atoms with Gasteiger partial charge in [-0.15, -0.1) is 0 Å². The van der Waals surface area contributed by atoms with Crippen LogP contribution in [0.3, 0.4) is 0 Å². The van der Waals surface area contributed by atoms with E-state index in [1.165, 1.54) is 16.7 Å². The molecular weight excluding hydrogens is 284 g/mol. The summed E-state index contributed by atoms with van der Waals surface area (Å²) >= 11 is 0. The number of hydrogen-bond donors (Lipinski definition) is 0. The highest BCUT2D eigenvalue weighted by molar-refractivity contribution is 5.81. The Kier molecular flexibility index (Phi) is 3.95. The number of allylic oxidation sites excluding steroid dienone is 3. The van der Waals surface area contributed by atoms with Gasteiger partial charge in [-0.1, -0.05) is 45.6 Å². The molecule has 0 amide bonds. The molecule has 2 aliphatic carbocycles. The number of methoxy groups -OCH3 is 1. The van der Waals surface area contributed by atoms with Crippen molar-refractivity contribution in [2.75, 3.05) is 7.11 Å². The maximum Gasteiger partial charge on any atom is 0.149 e. The predicted octanol–water partition coefficient (Wildman–Crippen LogP) is 4.72. The van der Waals surface area contributed by atoms with Gasteiger partial charge >= 0.3 is 0 Å². The minimum absolute atomic E-state index is 0.0139. The van der Waals surface area contributed by atoms with E-state index in [-0.39, 0.29) is 5.41 Å². The lowest BCUT2D eigenvalue weighted by atomic mass is 9.57. The van der Waals surface area contributed by atoms with Gasteiger partial charge in [-0.2, -0.15) is 0 Å². The zero-order valence-electron chi connectivity index (χ0n) is 14.6. The summed E-state index contributed by atoms with van der Waals surface area (Å²) in [6.07, 6.45) is 5.93. The van der Waals surface area contributed by atoms with Crippen LogP contribution in [0.5, 0.6) is 5.75 Å². The van der Waals surface area contributed by atoms with Crippen molar-refractivity contribution in [1.82, 2.24) is 0 Å². The average Bonchev–Trinajstić information content (AvgIpc) is 2.53. The van der Waals surface area contributed by atoms with Gasteiger partial charge in [0.2, 0.25) is 0 Å². The Labute approximate surface area is 139 Å². The zero-order valence-corrected chi connectivity index (χ0v) is 14.6. The summed E-state index contributed by atoms with van der Waals surface area (Å²) in [5, 5.41) is 0. The lowest BCUT2D eigenvalue weighted by molar-refractivity contribution is -0.104. The Balaban J connectivity index is 2.17. The van der Waals surface area contributed by atoms with E-state index in [0.29, 0.717) is 11.8 Å². The Morgan fingerprint density at radius 2 is 2.13 bits per heavy atom. The van der Waals surface area contributed by atoms with E-state index in [1.807, 2.05) is 0 Å². The third-order valence-electron chi connectivity index (χ3n) is 5.85. The van der Waals surface area contributed by atoms with Crippen molar-refractivity contribution in [1.29, 1.82) is 0 Å². The number of rotatable bonds is 3. The van der Waals surface area contributed by atoms with Crippen molar-refractivity contribution >= 4 is 6.29 Å². The summed E-state index contributed by atoms with van der Waals surface area (Å²) in [6.45, 7) is 11.0. The van der Waals surface area contributed by atoms with Crippen molar-refractivity contribution < 1.29 is 9.53 Å². The van der Waals surface area contributed by atoms with E-state index in [2.05, 4.69) is 45.6 Å². The van der Waals surface area contributed by atoms with E-state index >= 15 is 0 Å². The van der Waals surface area contributed by atoms with Gasteiger partial charge < -0.3 is 4.74 Å². The third-order valence-corrected chi connectivity index (χ3v) is 5.85. The number of ether oxygens (including phenoxy) is 1. The first-order valence-electron chi connectivity index (χ1n) is 8.48. The molecule has 0 saturated carbocycles. The second-order valence-electron chi connectivity index (χ2n) is 7.38. The molecule has 0 unspecified atom stereocenters. The van der Waals surface area contributed by atoms with Crippen molar-refractivity contribution in [2.45, 2.75) is 51.4 Å². The van der Waals surface area contributed by atoms with Crippen LogP contribution in [-0.2, 0) is 16.6 Å². The van der Waals surface area contributed by atoms with Crippen molar-refractivity contribution in [3.63, 3.8) is 0 Å². The number of carbonyl (C=O) groups excluding carboxylic acids is 1. The Hall–Kier alpha value is -1.83. The maximum atomic E-state index is 11.3. The highest BCUT2D eigenvalue weighted by Gasteiger charge is 2.44. The molecular formula is C21H26O2. The first-order chi connectivity index (χ1) is 10.9. The van der Waals surface area contributed by atoms with Gasteiger partial charge in [0.25, 0.3) is 0 Å². The Morgan fingerprint density at radius 3 is 2.74 bits per heavy atom. The van der Waals surface area contributed by atoms with Gasteiger partial charge in [-0.25, -0.2) is 0 Å². The fraction of sp³-hybridized carbons (Fsp3) is 0.476. The molecule has 1 aromatic rings. The summed E-state index contributed by atoms with van der Waals surface area (Å²) in [4.78, 5) is 11.3. The minimum atomic E-state index is 0.0139. The third kappa shape index (κ3) is 2.27. The van der Waals surface area contributed by atoms with Crippen LogP contribution in [0.2, 0.25) is 0 Å². The molecule has 0 aliphatic heterocycles. The molecule has 2 heteroatoms. The summed E-state index contributed by atoms with van der Waals surface area (Å²) in [5.41, 5.74) is 5.82. The second kappa shape index (κ2) is 5.67. The van der Waals surface area contributed by atoms with Gasteiger partial charge in [-0.05, 0) is 53.4 Å². The van der Waals surface area contributed by atoms with Gasteiger partial charge in [0.05, 0.1) is 7.11 Å². The van der Waals surface area contributed by atoms with E-state index in [1.54, 1.807) is 7.11 Å². The van der Waals surface area contributed by atoms with Crippen LogP contribution in [0.25, 0.3) is 0 Å². The monoisotopic (exact) mass is 310 g/mol. The molecule has 3 rings (SSSR count). The summed E-state index contributed by atoms with van der Waals surface area (Å²) in [6, 6.07) is 4.50. The molecule has 2 nitrogen and oxygen atoms in total. The molecule has 2 atom stereocenters. The van der Waals surface area contributed by atoms with Gasteiger partial charge in [0, 0.05) is 11.0 Å². The SMILES string of the molecule is C=C1C(C=O)=CC[C@]2(C)c3ccc(C(C)C)c(OC)c3CC[C@@H]12. The zero-order chi connectivity index (χ0) is 16.8. The summed E-state index contributed by atoms with van der Waals surface area (Å²) in [7, 11) is 1.78. The highest BCUT2D eigenvalue weighted by atomic mass is 16.5. The Bertz CT molecular complexity index is 696. The van der Waals surface area contributed by atoms with Gasteiger partial charge in [0.15, 0.2) is 0 Å². The average molecular weight is 310 g/mol. The van der Waals surface area contributed by atoms with Crippen molar-refractivity contribution in [3.8, 4) is 5.75 Å². The molecule has 0 fully saturated rings. The highest BCUT2D eigenvalue weighted by Crippen LogP contribution is 2.53. The van der Waals surface area contributed by atoms with E-state index < -0.39 is 0 Å². The maximum absolute atomic E-state index is 11.3. The molecule has 2 aliphatic rings. The van der Waals surface area contributed by atoms with E-state index in [4.69, 9.17) is 4.74 Å². The summed E-state index contributed by atoms with van der Waals surface area (Å²) < 4.78 is 5.80. The molecule has 0 aromatic heterocycles. The van der Waals surface area contributed by atoms with E-state index in [9.17, 15) is 4.79 Å². The fourth-order valence-electron chi connectivity index (χ4n) is 4.51. The topological polar surface area (TPSA) is 26.3 Å². The fourth-order valence-corrected chi connectivity index (χ4v) is 4.51. The molecule has 23 heavy (non-hydrogen) atoms. The van der Waals surface area contributed by atoms with Crippen LogP contribution in [0.1, 0.15) is 56.2 Å². The molecule has 0 heterocycles. The minimum Gasteiger partial charge on any atom is -0.496 e. The smallest absolute Gasteiger partial charge is 0.149 e. The molecule has 0 spiro atoms. The van der Waals surface area contributed by atoms with Crippen LogP contribution in [0.15, 0.2) is 35.9 Å². The second-order valence-corrected chi connectivity index (χ2v) is 7.38. The van der Waals surface area contributed by atoms with E-state index in [0.717, 1.165) is 42.4 Å². The predicted molar refractivity (Wildman–Crippen MR) is 94.2 cm³/mol. The molecule has 122 valence electrons. The quantitative estimate of drug-likeness (QED) is 0.755. The largest absolute Gasteiger partial charge is 0.496 e. The molecule has 1 aromatic carbocycles. The number of hydrogen-bond acceptors (Lipinski definition) is 2. The molecule has 0 radical (unpaired) electrons. The Morgan fingerprint density at radius 1 is 1.39 bits per heavy atom. The number of carbonyl (C=O) groups is 1. The lowest BCUT2D eigenvalue weighted by Gasteiger charge is -2.47. The van der Waals surface area contributed by atoms with Crippen molar-refractivity contribution in [2.24, 2.45) is 5.92 Å². The standard InChI is InChI=1S/C21H26O2/c1-13(2)16-6-9-19-17(20(16)23-5)7-8-18-14(3)15(12-22)10-11-21(18,19)4/h6,9-10,12-13,18H,3,7-8,11H2,1-2,4-5H3/t18-,21-/m0/s1. The first-order valence-corrected chi connectivity index (χ1v) is 8.48. The number of fused-ring (bicyclic) bond motifs is 3. The van der Waals surface area contributed by atoms with Crippen LogP contribution in [0.4, 0.5) is 0 Å². The normalized spacial score (nSPS) is 26.4. The van der Waals surface area contributed by atoms with Crippen LogP contribution in [-0.4, -0.2) is 13.4 Å². The van der Waals surface area contributed by atoms with Crippen molar-refractivity contribution in [3.05, 3.63) is 52.6 Å². The summed E-state index contributed by atoms with van der Waals surface area (Å²) in [5.74, 6) is 1.85. The van der Waals surface area contributed by atoms with Gasteiger partial charge in [-0.3, -0.25) is 4.79 Å². The van der Waals surface area contributed by atoms with Gasteiger partial charge in [0.1, 0.15) is 12.0 Å². The molecule has 0 bridgehead atoms. The lowest BCUT2D eigenvalue weighted by Crippen LogP contribution is -2.40. The van der Waals surface area contributed by atoms with Crippen LogP contribution in [0, 0.1) is 5.92 Å².